The maximum Gasteiger partial charge on any atom is 0.254 e. The Kier molecular flexibility index (Phi) is 5.13. The van der Waals surface area contributed by atoms with E-state index < -0.39 is 22.0 Å². The van der Waals surface area contributed by atoms with E-state index in [1.54, 1.807) is 6.07 Å². The highest BCUT2D eigenvalue weighted by molar-refractivity contribution is 7.89. The van der Waals surface area contributed by atoms with Gasteiger partial charge in [0.1, 0.15) is 0 Å². The van der Waals surface area contributed by atoms with Gasteiger partial charge in [0.15, 0.2) is 0 Å². The van der Waals surface area contributed by atoms with Crippen LogP contribution in [-0.2, 0) is 10.0 Å². The van der Waals surface area contributed by atoms with Gasteiger partial charge in [0, 0.05) is 38.7 Å². The number of hydrogen-bond acceptors (Lipinski definition) is 4. The molecule has 0 aliphatic carbocycles. The van der Waals surface area contributed by atoms with Crippen molar-refractivity contribution >= 4 is 15.9 Å². The predicted molar refractivity (Wildman–Crippen MR) is 88.8 cm³/mol. The van der Waals surface area contributed by atoms with Crippen LogP contribution in [0.15, 0.2) is 18.2 Å². The van der Waals surface area contributed by atoms with Crippen LogP contribution in [-0.4, -0.2) is 67.7 Å². The fourth-order valence-electron chi connectivity index (χ4n) is 2.83. The molecule has 1 fully saturated rings. The molecule has 23 heavy (non-hydrogen) atoms. The van der Waals surface area contributed by atoms with Crippen LogP contribution >= 0.6 is 0 Å². The summed E-state index contributed by atoms with van der Waals surface area (Å²) in [6.07, 6.45) is -0.820. The normalized spacial score (nSPS) is 21.9. The van der Waals surface area contributed by atoms with Crippen LogP contribution in [0.3, 0.4) is 0 Å². The van der Waals surface area contributed by atoms with Crippen LogP contribution in [0.1, 0.15) is 21.5 Å². The lowest BCUT2D eigenvalue weighted by Gasteiger charge is -2.18. The average Bonchev–Trinajstić information content (AvgIpc) is 2.78. The zero-order valence-electron chi connectivity index (χ0n) is 14.0. The number of carbonyl (C=O) groups excluding carboxylic acids is 1. The molecule has 6 nitrogen and oxygen atoms in total. The lowest BCUT2D eigenvalue weighted by Crippen LogP contribution is -2.33. The minimum absolute atomic E-state index is 0.155. The van der Waals surface area contributed by atoms with Gasteiger partial charge < -0.3 is 10.0 Å². The van der Waals surface area contributed by atoms with E-state index in [0.29, 0.717) is 5.56 Å². The molecule has 0 saturated carbocycles. The Balaban J connectivity index is 2.13. The fraction of sp³-hybridized carbons (Fsp3) is 0.562. The van der Waals surface area contributed by atoms with E-state index in [-0.39, 0.29) is 24.7 Å². The van der Waals surface area contributed by atoms with Crippen LogP contribution < -0.4 is 0 Å². The van der Waals surface area contributed by atoms with Crippen LogP contribution in [0, 0.1) is 19.8 Å². The highest BCUT2D eigenvalue weighted by Gasteiger charge is 2.37. The molecule has 1 N–H and O–H groups in total. The lowest BCUT2D eigenvalue weighted by atomic mass is 10.0. The number of carbonyl (C=O) groups is 1. The van der Waals surface area contributed by atoms with Gasteiger partial charge >= 0.3 is 0 Å². The number of nitrogens with zero attached hydrogens (tertiary/aromatic N) is 2. The molecule has 128 valence electrons. The van der Waals surface area contributed by atoms with Gasteiger partial charge in [-0.15, -0.1) is 0 Å². The molecule has 2 rings (SSSR count). The number of sulfonamides is 1. The van der Waals surface area contributed by atoms with Crippen molar-refractivity contribution in [1.29, 1.82) is 0 Å². The molecule has 2 atom stereocenters. The largest absolute Gasteiger partial charge is 0.391 e. The summed E-state index contributed by atoms with van der Waals surface area (Å²) in [6, 6.07) is 5.59. The zero-order chi connectivity index (χ0) is 17.4. The molecule has 1 aliphatic heterocycles. The van der Waals surface area contributed by atoms with Crippen LogP contribution in [0.4, 0.5) is 0 Å². The summed E-state index contributed by atoms with van der Waals surface area (Å²) in [6.45, 7) is 4.25. The summed E-state index contributed by atoms with van der Waals surface area (Å²) < 4.78 is 25.1. The van der Waals surface area contributed by atoms with Gasteiger partial charge in [-0.25, -0.2) is 12.7 Å². The first-order valence-electron chi connectivity index (χ1n) is 7.56. The number of benzene rings is 1. The molecule has 0 spiro atoms. The van der Waals surface area contributed by atoms with Gasteiger partial charge in [-0.05, 0) is 25.5 Å². The number of likely N-dealkylation sites (tertiary alicyclic amines) is 1. The maximum absolute atomic E-state index is 12.6. The summed E-state index contributed by atoms with van der Waals surface area (Å²) in [7, 11) is -0.472. The van der Waals surface area contributed by atoms with Gasteiger partial charge in [0.2, 0.25) is 10.0 Å². The predicted octanol–water partition coefficient (Wildman–Crippen LogP) is 0.628. The second-order valence-corrected chi connectivity index (χ2v) is 8.64. The van der Waals surface area contributed by atoms with Crippen molar-refractivity contribution in [1.82, 2.24) is 9.21 Å². The summed E-state index contributed by atoms with van der Waals surface area (Å²) >= 11 is 0. The van der Waals surface area contributed by atoms with Crippen molar-refractivity contribution in [2.45, 2.75) is 20.0 Å². The van der Waals surface area contributed by atoms with Crippen molar-refractivity contribution in [2.24, 2.45) is 5.92 Å². The Labute approximate surface area is 137 Å². The summed E-state index contributed by atoms with van der Waals surface area (Å²) in [5, 5.41) is 10.1. The second-order valence-electron chi connectivity index (χ2n) is 6.42. The molecule has 0 bridgehead atoms. The second kappa shape index (κ2) is 6.59. The van der Waals surface area contributed by atoms with Gasteiger partial charge in [-0.2, -0.15) is 0 Å². The topological polar surface area (TPSA) is 77.9 Å². The number of rotatable bonds is 4. The monoisotopic (exact) mass is 340 g/mol. The number of aryl methyl sites for hydroxylation is 2. The molecule has 0 aromatic heterocycles. The Morgan fingerprint density at radius 3 is 2.52 bits per heavy atom. The first-order valence-corrected chi connectivity index (χ1v) is 9.17. The van der Waals surface area contributed by atoms with Crippen LogP contribution in [0.2, 0.25) is 0 Å². The Hall–Kier alpha value is -1.44. The highest BCUT2D eigenvalue weighted by atomic mass is 32.2. The van der Waals surface area contributed by atoms with Crippen molar-refractivity contribution in [3.05, 3.63) is 34.9 Å². The Bertz CT molecular complexity index is 700. The molecule has 1 heterocycles. The molecule has 1 aromatic carbocycles. The SMILES string of the molecule is Cc1ccc(C(=O)N2CC(O)C(CS(=O)(=O)N(C)C)C2)c(C)c1. The molecule has 1 amide bonds. The lowest BCUT2D eigenvalue weighted by molar-refractivity contribution is 0.0764. The molecular weight excluding hydrogens is 316 g/mol. The summed E-state index contributed by atoms with van der Waals surface area (Å²) in [4.78, 5) is 14.2. The quantitative estimate of drug-likeness (QED) is 0.872. The van der Waals surface area contributed by atoms with Crippen molar-refractivity contribution < 1.29 is 18.3 Å². The standard InChI is InChI=1S/C16H24N2O4S/c1-11-5-6-14(12(2)7-11)16(20)18-8-13(15(19)9-18)10-23(21,22)17(3)4/h5-7,13,15,19H,8-10H2,1-4H3. The van der Waals surface area contributed by atoms with Crippen molar-refractivity contribution in [3.8, 4) is 0 Å². The average molecular weight is 340 g/mol. The van der Waals surface area contributed by atoms with Gasteiger partial charge in [-0.3, -0.25) is 4.79 Å². The number of amides is 1. The molecule has 0 radical (unpaired) electrons. The maximum atomic E-state index is 12.6. The van der Waals surface area contributed by atoms with E-state index in [2.05, 4.69) is 0 Å². The summed E-state index contributed by atoms with van der Waals surface area (Å²) in [5.74, 6) is -0.777. The van der Waals surface area contributed by atoms with Gasteiger partial charge in [0.25, 0.3) is 5.91 Å². The van der Waals surface area contributed by atoms with Crippen molar-refractivity contribution in [2.75, 3.05) is 32.9 Å². The van der Waals surface area contributed by atoms with Crippen molar-refractivity contribution in [3.63, 3.8) is 0 Å². The van der Waals surface area contributed by atoms with E-state index in [1.165, 1.54) is 19.0 Å². The fourth-order valence-corrected chi connectivity index (χ4v) is 3.99. The number of aliphatic hydroxyl groups excluding tert-OH is 1. The zero-order valence-corrected chi connectivity index (χ0v) is 14.8. The van der Waals surface area contributed by atoms with Gasteiger partial charge in [0.05, 0.1) is 11.9 Å². The Morgan fingerprint density at radius 1 is 1.30 bits per heavy atom. The first kappa shape index (κ1) is 17.9. The highest BCUT2D eigenvalue weighted by Crippen LogP contribution is 2.23. The first-order chi connectivity index (χ1) is 10.6. The minimum atomic E-state index is -3.41. The van der Waals surface area contributed by atoms with E-state index in [1.807, 2.05) is 26.0 Å². The Morgan fingerprint density at radius 2 is 1.96 bits per heavy atom. The molecule has 1 saturated heterocycles. The number of β-amino-alcohol motifs (C(OH)–C–C–N with tert-alkyl or cyclic N) is 1. The molecular formula is C16H24N2O4S. The minimum Gasteiger partial charge on any atom is -0.391 e. The molecule has 7 heteroatoms. The van der Waals surface area contributed by atoms with E-state index in [4.69, 9.17) is 0 Å². The van der Waals surface area contributed by atoms with Crippen LogP contribution in [0.25, 0.3) is 0 Å². The molecule has 1 aliphatic rings. The van der Waals surface area contributed by atoms with Gasteiger partial charge in [-0.1, -0.05) is 17.7 Å². The number of hydrogen-bond donors (Lipinski definition) is 1. The summed E-state index contributed by atoms with van der Waals surface area (Å²) in [5.41, 5.74) is 2.56. The third kappa shape index (κ3) is 3.91. The number of aliphatic hydroxyl groups is 1. The van der Waals surface area contributed by atoms with Crippen LogP contribution in [0.5, 0.6) is 0 Å². The van der Waals surface area contributed by atoms with E-state index in [9.17, 15) is 18.3 Å². The third-order valence-electron chi connectivity index (χ3n) is 4.29. The molecule has 1 aromatic rings. The smallest absolute Gasteiger partial charge is 0.254 e. The van der Waals surface area contributed by atoms with E-state index in [0.717, 1.165) is 15.4 Å². The van der Waals surface area contributed by atoms with E-state index >= 15 is 0 Å². The molecule has 2 unspecified atom stereocenters. The third-order valence-corrected chi connectivity index (χ3v) is 6.25.